The molecule has 10 heavy (non-hydrogen) atoms. The highest BCUT2D eigenvalue weighted by Gasteiger charge is 2.20. The van der Waals surface area contributed by atoms with Crippen molar-refractivity contribution in [3.63, 3.8) is 0 Å². The van der Waals surface area contributed by atoms with Crippen molar-refractivity contribution < 1.29 is 13.5 Å². The Labute approximate surface area is 60.4 Å². The van der Waals surface area contributed by atoms with E-state index in [4.69, 9.17) is 4.74 Å². The first-order chi connectivity index (χ1) is 4.42. The molecule has 0 amide bonds. The zero-order valence-electron chi connectivity index (χ0n) is 6.66. The van der Waals surface area contributed by atoms with Crippen LogP contribution in [0.4, 0.5) is 8.78 Å². The molecule has 0 saturated heterocycles. The third-order valence-corrected chi connectivity index (χ3v) is 0.807. The molecule has 0 atom stereocenters. The van der Waals surface area contributed by atoms with Crippen LogP contribution in [0.3, 0.4) is 0 Å². The fraction of sp³-hybridized carbons (Fsp3) is 1.00. The highest BCUT2D eigenvalue weighted by atomic mass is 19.3. The smallest absolute Gasteiger partial charge is 0.268 e. The average Bonchev–Trinajstić information content (AvgIpc) is 1.59. The van der Waals surface area contributed by atoms with Gasteiger partial charge in [-0.25, -0.2) is 8.78 Å². The highest BCUT2D eigenvalue weighted by molar-refractivity contribution is 4.54. The minimum atomic E-state index is -2.69. The Morgan fingerprint density at radius 1 is 1.40 bits per heavy atom. The van der Waals surface area contributed by atoms with Gasteiger partial charge in [-0.15, -0.1) is 0 Å². The molecule has 0 heterocycles. The molecule has 0 aromatic heterocycles. The van der Waals surface area contributed by atoms with Crippen LogP contribution in [0.5, 0.6) is 0 Å². The van der Waals surface area contributed by atoms with E-state index in [-0.39, 0.29) is 0 Å². The number of hydrogen-bond acceptors (Lipinski definition) is 1. The first-order valence-electron chi connectivity index (χ1n) is 3.37. The number of hydrogen-bond donors (Lipinski definition) is 0. The Kier molecular flexibility index (Phi) is 3.79. The summed E-state index contributed by atoms with van der Waals surface area (Å²) < 4.78 is 28.8. The van der Waals surface area contributed by atoms with E-state index in [1.165, 1.54) is 0 Å². The molecule has 0 saturated carbocycles. The standard InChI is InChI=1S/C7H14F2O/c1-6(2)4-10-5-7(3,8)9/h6H,4-5H2,1-3H3. The van der Waals surface area contributed by atoms with Crippen LogP contribution in [-0.2, 0) is 4.74 Å². The Morgan fingerprint density at radius 3 is 2.20 bits per heavy atom. The van der Waals surface area contributed by atoms with Gasteiger partial charge >= 0.3 is 0 Å². The van der Waals surface area contributed by atoms with Crippen molar-refractivity contribution in [1.82, 2.24) is 0 Å². The van der Waals surface area contributed by atoms with E-state index < -0.39 is 12.5 Å². The predicted octanol–water partition coefficient (Wildman–Crippen LogP) is 2.31. The first-order valence-corrected chi connectivity index (χ1v) is 3.37. The van der Waals surface area contributed by atoms with Gasteiger partial charge in [0.25, 0.3) is 5.92 Å². The molecular weight excluding hydrogens is 138 g/mol. The molecule has 0 aliphatic rings. The topological polar surface area (TPSA) is 9.23 Å². The highest BCUT2D eigenvalue weighted by Crippen LogP contribution is 2.11. The molecular formula is C7H14F2O. The summed E-state index contributed by atoms with van der Waals surface area (Å²) >= 11 is 0. The number of halogens is 2. The third kappa shape index (κ3) is 7.82. The van der Waals surface area contributed by atoms with Crippen molar-refractivity contribution in [3.05, 3.63) is 0 Å². The number of alkyl halides is 2. The van der Waals surface area contributed by atoms with E-state index >= 15 is 0 Å². The summed E-state index contributed by atoms with van der Waals surface area (Å²) in [7, 11) is 0. The molecule has 0 bridgehead atoms. The lowest BCUT2D eigenvalue weighted by atomic mass is 10.2. The van der Waals surface area contributed by atoms with Crippen LogP contribution in [0.2, 0.25) is 0 Å². The van der Waals surface area contributed by atoms with Crippen LogP contribution in [-0.4, -0.2) is 19.1 Å². The number of ether oxygens (including phenoxy) is 1. The van der Waals surface area contributed by atoms with Gasteiger partial charge in [0.05, 0.1) is 0 Å². The molecule has 0 rings (SSSR count). The van der Waals surface area contributed by atoms with Crippen molar-refractivity contribution in [2.24, 2.45) is 5.92 Å². The summed E-state index contributed by atoms with van der Waals surface area (Å²) in [5, 5.41) is 0. The average molecular weight is 152 g/mol. The molecule has 0 radical (unpaired) electrons. The molecule has 0 aromatic carbocycles. The van der Waals surface area contributed by atoms with E-state index in [0.29, 0.717) is 12.5 Å². The molecule has 0 aliphatic heterocycles. The van der Waals surface area contributed by atoms with Gasteiger partial charge in [-0.3, -0.25) is 0 Å². The second-order valence-corrected chi connectivity index (χ2v) is 2.98. The summed E-state index contributed by atoms with van der Waals surface area (Å²) in [6.07, 6.45) is 0. The lowest BCUT2D eigenvalue weighted by Crippen LogP contribution is -2.20. The second-order valence-electron chi connectivity index (χ2n) is 2.98. The van der Waals surface area contributed by atoms with Crippen LogP contribution >= 0.6 is 0 Å². The Balaban J connectivity index is 3.21. The van der Waals surface area contributed by atoms with Crippen LogP contribution < -0.4 is 0 Å². The minimum Gasteiger partial charge on any atom is -0.375 e. The minimum absolute atomic E-state index is 0.322. The van der Waals surface area contributed by atoms with E-state index in [1.807, 2.05) is 13.8 Å². The van der Waals surface area contributed by atoms with E-state index in [0.717, 1.165) is 6.92 Å². The molecule has 0 N–H and O–H groups in total. The molecule has 0 aromatic rings. The molecule has 0 unspecified atom stereocenters. The van der Waals surface area contributed by atoms with Gasteiger partial charge in [-0.05, 0) is 5.92 Å². The molecule has 0 spiro atoms. The summed E-state index contributed by atoms with van der Waals surface area (Å²) in [5.41, 5.74) is 0. The first kappa shape index (κ1) is 9.82. The monoisotopic (exact) mass is 152 g/mol. The Hall–Kier alpha value is -0.180. The van der Waals surface area contributed by atoms with Gasteiger partial charge in [0.2, 0.25) is 0 Å². The fourth-order valence-electron chi connectivity index (χ4n) is 0.474. The summed E-state index contributed by atoms with van der Waals surface area (Å²) in [4.78, 5) is 0. The normalized spacial score (nSPS) is 12.6. The predicted molar refractivity (Wildman–Crippen MR) is 36.3 cm³/mol. The zero-order chi connectivity index (χ0) is 8.20. The van der Waals surface area contributed by atoms with Gasteiger partial charge in [0, 0.05) is 13.5 Å². The molecule has 62 valence electrons. The van der Waals surface area contributed by atoms with E-state index in [2.05, 4.69) is 0 Å². The maximum absolute atomic E-state index is 12.0. The maximum Gasteiger partial charge on any atom is 0.268 e. The van der Waals surface area contributed by atoms with Gasteiger partial charge in [0.1, 0.15) is 6.61 Å². The van der Waals surface area contributed by atoms with E-state index in [9.17, 15) is 8.78 Å². The Morgan fingerprint density at radius 2 is 1.90 bits per heavy atom. The summed E-state index contributed by atoms with van der Waals surface area (Å²) in [6.45, 7) is 4.64. The molecule has 3 heteroatoms. The maximum atomic E-state index is 12.0. The lowest BCUT2D eigenvalue weighted by Gasteiger charge is -2.11. The number of rotatable bonds is 4. The van der Waals surface area contributed by atoms with Crippen molar-refractivity contribution in [2.45, 2.75) is 26.7 Å². The second kappa shape index (κ2) is 3.86. The van der Waals surface area contributed by atoms with Gasteiger partial charge < -0.3 is 4.74 Å². The molecule has 0 aliphatic carbocycles. The van der Waals surface area contributed by atoms with Crippen LogP contribution in [0.15, 0.2) is 0 Å². The van der Waals surface area contributed by atoms with Gasteiger partial charge in [-0.1, -0.05) is 13.8 Å². The quantitative estimate of drug-likeness (QED) is 0.600. The van der Waals surface area contributed by atoms with Crippen LogP contribution in [0, 0.1) is 5.92 Å². The molecule has 1 nitrogen and oxygen atoms in total. The van der Waals surface area contributed by atoms with Crippen molar-refractivity contribution in [3.8, 4) is 0 Å². The zero-order valence-corrected chi connectivity index (χ0v) is 6.66. The van der Waals surface area contributed by atoms with Gasteiger partial charge in [0.15, 0.2) is 0 Å². The third-order valence-electron chi connectivity index (χ3n) is 0.807. The largest absolute Gasteiger partial charge is 0.375 e. The fourth-order valence-corrected chi connectivity index (χ4v) is 0.474. The van der Waals surface area contributed by atoms with Crippen molar-refractivity contribution in [2.75, 3.05) is 13.2 Å². The van der Waals surface area contributed by atoms with E-state index in [1.54, 1.807) is 0 Å². The summed E-state index contributed by atoms with van der Waals surface area (Å²) in [5.74, 6) is -2.36. The SMILES string of the molecule is CC(C)COCC(C)(F)F. The Bertz CT molecular complexity index is 86.1. The molecule has 0 fully saturated rings. The van der Waals surface area contributed by atoms with Gasteiger partial charge in [-0.2, -0.15) is 0 Å². The van der Waals surface area contributed by atoms with Crippen molar-refractivity contribution >= 4 is 0 Å². The van der Waals surface area contributed by atoms with Crippen LogP contribution in [0.25, 0.3) is 0 Å². The lowest BCUT2D eigenvalue weighted by molar-refractivity contribution is -0.0672. The van der Waals surface area contributed by atoms with Crippen molar-refractivity contribution in [1.29, 1.82) is 0 Å². The summed E-state index contributed by atoms with van der Waals surface area (Å²) in [6, 6.07) is 0. The van der Waals surface area contributed by atoms with Crippen LogP contribution in [0.1, 0.15) is 20.8 Å².